The molecule has 0 fully saturated rings. The molecule has 8 heteroatoms. The first-order valence-electron chi connectivity index (χ1n) is 5.29. The Morgan fingerprint density at radius 2 is 2.22 bits per heavy atom. The summed E-state index contributed by atoms with van der Waals surface area (Å²) in [5.41, 5.74) is 7.26. The van der Waals surface area contributed by atoms with Crippen LogP contribution in [0.15, 0.2) is 24.5 Å². The van der Waals surface area contributed by atoms with Gasteiger partial charge in [0, 0.05) is 11.1 Å². The van der Waals surface area contributed by atoms with Gasteiger partial charge in [0.15, 0.2) is 5.82 Å². The minimum atomic E-state index is 0.428. The molecule has 0 bridgehead atoms. The first-order valence-corrected chi connectivity index (χ1v) is 5.29. The van der Waals surface area contributed by atoms with Gasteiger partial charge in [-0.15, -0.1) is 10.2 Å². The molecule has 18 heavy (non-hydrogen) atoms. The summed E-state index contributed by atoms with van der Waals surface area (Å²) >= 11 is 0. The highest BCUT2D eigenvalue weighted by atomic mass is 15.5. The Kier molecular flexibility index (Phi) is 2.45. The third kappa shape index (κ3) is 1.90. The number of fused-ring (bicyclic) bond motifs is 1. The van der Waals surface area contributed by atoms with Crippen molar-refractivity contribution < 1.29 is 0 Å². The number of benzene rings is 1. The van der Waals surface area contributed by atoms with Gasteiger partial charge in [-0.3, -0.25) is 0 Å². The molecule has 2 heterocycles. The normalized spacial score (nSPS) is 10.7. The van der Waals surface area contributed by atoms with Crippen molar-refractivity contribution in [2.24, 2.45) is 0 Å². The number of hydrogen-bond acceptors (Lipinski definition) is 7. The van der Waals surface area contributed by atoms with E-state index in [1.54, 1.807) is 6.07 Å². The number of anilines is 2. The molecule has 0 amide bonds. The molecule has 0 unspecified atom stereocenters. The molecule has 8 nitrogen and oxygen atoms in total. The average molecular weight is 242 g/mol. The van der Waals surface area contributed by atoms with Crippen molar-refractivity contribution in [3.05, 3.63) is 30.4 Å². The van der Waals surface area contributed by atoms with E-state index in [2.05, 4.69) is 35.9 Å². The van der Waals surface area contributed by atoms with Gasteiger partial charge in [0.25, 0.3) is 0 Å². The largest absolute Gasteiger partial charge is 0.399 e. The molecule has 2 aromatic heterocycles. The summed E-state index contributed by atoms with van der Waals surface area (Å²) in [6, 6.07) is 5.48. The highest BCUT2D eigenvalue weighted by Gasteiger charge is 2.05. The Morgan fingerprint density at radius 1 is 1.28 bits per heavy atom. The number of H-pyrrole nitrogens is 1. The second-order valence-corrected chi connectivity index (χ2v) is 3.68. The maximum atomic E-state index is 5.76. The van der Waals surface area contributed by atoms with Gasteiger partial charge in [0.2, 0.25) is 0 Å². The van der Waals surface area contributed by atoms with Gasteiger partial charge in [-0.1, -0.05) is 5.21 Å². The molecule has 4 N–H and O–H groups in total. The second-order valence-electron chi connectivity index (χ2n) is 3.68. The first-order chi connectivity index (χ1) is 8.83. The molecule has 0 atom stereocenters. The molecule has 0 aliphatic rings. The van der Waals surface area contributed by atoms with Gasteiger partial charge in [-0.2, -0.15) is 5.21 Å². The Morgan fingerprint density at radius 3 is 3.06 bits per heavy atom. The number of rotatable bonds is 3. The number of tetrazole rings is 1. The van der Waals surface area contributed by atoms with E-state index < -0.39 is 0 Å². The number of aromatic nitrogens is 6. The minimum Gasteiger partial charge on any atom is -0.399 e. The molecule has 0 saturated carbocycles. The third-order valence-corrected chi connectivity index (χ3v) is 2.46. The van der Waals surface area contributed by atoms with Crippen molar-refractivity contribution >= 4 is 22.4 Å². The van der Waals surface area contributed by atoms with Crippen LogP contribution in [0, 0.1) is 0 Å². The first kappa shape index (κ1) is 10.4. The number of nitrogens with two attached hydrogens (primary N) is 1. The van der Waals surface area contributed by atoms with Crippen LogP contribution < -0.4 is 11.1 Å². The zero-order valence-electron chi connectivity index (χ0n) is 9.33. The summed E-state index contributed by atoms with van der Waals surface area (Å²) in [5.74, 6) is 1.25. The maximum absolute atomic E-state index is 5.76. The van der Waals surface area contributed by atoms with Gasteiger partial charge in [0.05, 0.1) is 12.1 Å². The van der Waals surface area contributed by atoms with Crippen molar-refractivity contribution in [1.29, 1.82) is 0 Å². The van der Waals surface area contributed by atoms with Crippen LogP contribution in [-0.4, -0.2) is 30.6 Å². The van der Waals surface area contributed by atoms with E-state index in [0.29, 0.717) is 23.9 Å². The van der Waals surface area contributed by atoms with Gasteiger partial charge in [0.1, 0.15) is 12.1 Å². The predicted octanol–water partition coefficient (Wildman–Crippen LogP) is 0.337. The number of aromatic amines is 1. The quantitative estimate of drug-likeness (QED) is 0.566. The van der Waals surface area contributed by atoms with Crippen LogP contribution in [0.1, 0.15) is 5.82 Å². The predicted molar refractivity (Wildman–Crippen MR) is 65.5 cm³/mol. The Bertz CT molecular complexity index is 663. The molecule has 3 aromatic rings. The summed E-state index contributed by atoms with van der Waals surface area (Å²) in [5, 5.41) is 17.6. The van der Waals surface area contributed by atoms with E-state index in [4.69, 9.17) is 5.73 Å². The molecule has 3 rings (SSSR count). The highest BCUT2D eigenvalue weighted by molar-refractivity contribution is 5.91. The maximum Gasteiger partial charge on any atom is 0.193 e. The summed E-state index contributed by atoms with van der Waals surface area (Å²) in [7, 11) is 0. The summed E-state index contributed by atoms with van der Waals surface area (Å²) in [4.78, 5) is 8.36. The Hall–Kier alpha value is -2.77. The molecular formula is C10H10N8. The van der Waals surface area contributed by atoms with E-state index >= 15 is 0 Å². The van der Waals surface area contributed by atoms with Crippen LogP contribution in [0.4, 0.5) is 11.5 Å². The van der Waals surface area contributed by atoms with Crippen molar-refractivity contribution in [1.82, 2.24) is 30.6 Å². The fourth-order valence-corrected chi connectivity index (χ4v) is 1.64. The summed E-state index contributed by atoms with van der Waals surface area (Å²) in [6.07, 6.45) is 1.50. The van der Waals surface area contributed by atoms with Gasteiger partial charge < -0.3 is 11.1 Å². The molecule has 0 radical (unpaired) electrons. The van der Waals surface area contributed by atoms with Crippen LogP contribution in [0.25, 0.3) is 10.9 Å². The minimum absolute atomic E-state index is 0.428. The molecular weight excluding hydrogens is 232 g/mol. The van der Waals surface area contributed by atoms with Crippen molar-refractivity contribution in [3.8, 4) is 0 Å². The average Bonchev–Trinajstić information content (AvgIpc) is 2.89. The number of hydrogen-bond donors (Lipinski definition) is 3. The van der Waals surface area contributed by atoms with Crippen molar-refractivity contribution in [3.63, 3.8) is 0 Å². The number of nitrogen functional groups attached to an aromatic ring is 1. The standard InChI is InChI=1S/C10H10N8/c11-6-1-2-8-7(3-6)10(14-5-13-8)12-4-9-15-17-18-16-9/h1-3,5H,4,11H2,(H,12,13,14)(H,15,16,17,18). The SMILES string of the molecule is Nc1ccc2ncnc(NCc3nn[nH]n3)c2c1. The Balaban J connectivity index is 1.93. The van der Waals surface area contributed by atoms with E-state index in [1.165, 1.54) is 6.33 Å². The van der Waals surface area contributed by atoms with Crippen molar-refractivity contribution in [2.75, 3.05) is 11.1 Å². The van der Waals surface area contributed by atoms with E-state index in [1.807, 2.05) is 12.1 Å². The lowest BCUT2D eigenvalue weighted by molar-refractivity contribution is 0.881. The summed E-state index contributed by atoms with van der Waals surface area (Å²) < 4.78 is 0. The van der Waals surface area contributed by atoms with Gasteiger partial charge in [-0.25, -0.2) is 9.97 Å². The smallest absolute Gasteiger partial charge is 0.193 e. The monoisotopic (exact) mass is 242 g/mol. The van der Waals surface area contributed by atoms with Crippen LogP contribution in [0.3, 0.4) is 0 Å². The molecule has 0 aliphatic heterocycles. The van der Waals surface area contributed by atoms with Crippen molar-refractivity contribution in [2.45, 2.75) is 6.54 Å². The third-order valence-electron chi connectivity index (χ3n) is 2.46. The number of nitrogens with one attached hydrogen (secondary N) is 2. The van der Waals surface area contributed by atoms with Crippen LogP contribution in [0.2, 0.25) is 0 Å². The lowest BCUT2D eigenvalue weighted by atomic mass is 10.2. The highest BCUT2D eigenvalue weighted by Crippen LogP contribution is 2.21. The lowest BCUT2D eigenvalue weighted by Crippen LogP contribution is -2.04. The van der Waals surface area contributed by atoms with Gasteiger partial charge in [-0.05, 0) is 18.2 Å². The van der Waals surface area contributed by atoms with Gasteiger partial charge >= 0.3 is 0 Å². The molecule has 0 saturated heterocycles. The summed E-state index contributed by atoms with van der Waals surface area (Å²) in [6.45, 7) is 0.428. The van der Waals surface area contributed by atoms with E-state index in [-0.39, 0.29) is 0 Å². The fraction of sp³-hybridized carbons (Fsp3) is 0.100. The Labute approximate surface area is 102 Å². The fourth-order valence-electron chi connectivity index (χ4n) is 1.64. The van der Waals surface area contributed by atoms with E-state index in [0.717, 1.165) is 10.9 Å². The lowest BCUT2D eigenvalue weighted by Gasteiger charge is -2.06. The zero-order valence-corrected chi connectivity index (χ0v) is 9.33. The molecule has 0 aliphatic carbocycles. The number of nitrogens with zero attached hydrogens (tertiary/aromatic N) is 5. The van der Waals surface area contributed by atoms with E-state index in [9.17, 15) is 0 Å². The van der Waals surface area contributed by atoms with Crippen LogP contribution in [-0.2, 0) is 6.54 Å². The van der Waals surface area contributed by atoms with Crippen LogP contribution >= 0.6 is 0 Å². The zero-order chi connectivity index (χ0) is 12.4. The molecule has 0 spiro atoms. The molecule has 1 aromatic carbocycles. The molecule has 90 valence electrons. The topological polar surface area (TPSA) is 118 Å². The van der Waals surface area contributed by atoms with Crippen LogP contribution in [0.5, 0.6) is 0 Å². The second kappa shape index (κ2) is 4.24.